The molecule has 1 fully saturated rings. The standard InChI is InChI=1S/C34H41N5O5/c1-23(2)39-32-30(33(40)37(34(39)41)19-11-21-43-29-16-9-10-20-42-29)38(22-25-12-5-4-6-13-25)31(36-32)27-17-18-28(35-24(27)3)44-26-14-7-8-15-26/h4-8,12-13,17-18,23,26,29H,9-11,14-16,19-22H2,1-3H3. The van der Waals surface area contributed by atoms with Crippen LogP contribution in [0.15, 0.2) is 64.2 Å². The van der Waals surface area contributed by atoms with E-state index in [1.165, 1.54) is 4.57 Å². The van der Waals surface area contributed by atoms with Crippen LogP contribution >= 0.6 is 0 Å². The maximum absolute atomic E-state index is 14.2. The van der Waals surface area contributed by atoms with E-state index in [0.717, 1.165) is 48.9 Å². The van der Waals surface area contributed by atoms with Crippen molar-refractivity contribution in [1.29, 1.82) is 0 Å². The first kappa shape index (κ1) is 30.0. The van der Waals surface area contributed by atoms with Crippen molar-refractivity contribution >= 4 is 11.2 Å². The van der Waals surface area contributed by atoms with Crippen molar-refractivity contribution in [2.75, 3.05) is 13.2 Å². The van der Waals surface area contributed by atoms with Crippen molar-refractivity contribution in [3.63, 3.8) is 0 Å². The Hall–Kier alpha value is -4.02. The molecule has 0 amide bonds. The highest BCUT2D eigenvalue weighted by atomic mass is 16.7. The highest BCUT2D eigenvalue weighted by molar-refractivity contribution is 5.78. The summed E-state index contributed by atoms with van der Waals surface area (Å²) in [4.78, 5) is 37.8. The van der Waals surface area contributed by atoms with E-state index < -0.39 is 0 Å². The van der Waals surface area contributed by atoms with Gasteiger partial charge in [0.1, 0.15) is 11.9 Å². The summed E-state index contributed by atoms with van der Waals surface area (Å²) >= 11 is 0. The van der Waals surface area contributed by atoms with E-state index in [1.54, 1.807) is 4.57 Å². The Kier molecular flexibility index (Phi) is 9.09. The quantitative estimate of drug-likeness (QED) is 0.168. The van der Waals surface area contributed by atoms with Crippen LogP contribution in [0.1, 0.15) is 69.7 Å². The second-order valence-electron chi connectivity index (χ2n) is 11.9. The van der Waals surface area contributed by atoms with Gasteiger partial charge in [0, 0.05) is 50.2 Å². The Morgan fingerprint density at radius 3 is 2.50 bits per heavy atom. The maximum Gasteiger partial charge on any atom is 0.332 e. The van der Waals surface area contributed by atoms with Gasteiger partial charge in [-0.05, 0) is 58.1 Å². The van der Waals surface area contributed by atoms with Crippen LogP contribution in [0.4, 0.5) is 0 Å². The highest BCUT2D eigenvalue weighted by Crippen LogP contribution is 2.29. The summed E-state index contributed by atoms with van der Waals surface area (Å²) in [6, 6.07) is 13.6. The van der Waals surface area contributed by atoms with Crippen molar-refractivity contribution in [3.05, 3.63) is 86.7 Å². The Morgan fingerprint density at radius 1 is 1.00 bits per heavy atom. The van der Waals surface area contributed by atoms with Crippen molar-refractivity contribution in [2.24, 2.45) is 0 Å². The molecule has 44 heavy (non-hydrogen) atoms. The lowest BCUT2D eigenvalue weighted by Gasteiger charge is -2.22. The Morgan fingerprint density at radius 2 is 1.80 bits per heavy atom. The molecule has 4 aromatic rings. The van der Waals surface area contributed by atoms with Gasteiger partial charge < -0.3 is 18.8 Å². The fraction of sp³-hybridized carbons (Fsp3) is 0.471. The zero-order valence-electron chi connectivity index (χ0n) is 25.8. The van der Waals surface area contributed by atoms with Crippen molar-refractivity contribution in [3.8, 4) is 17.3 Å². The third-order valence-corrected chi connectivity index (χ3v) is 8.28. The average molecular weight is 600 g/mol. The predicted octanol–water partition coefficient (Wildman–Crippen LogP) is 5.39. The molecule has 0 bridgehead atoms. The fourth-order valence-corrected chi connectivity index (χ4v) is 6.02. The largest absolute Gasteiger partial charge is 0.474 e. The number of hydrogen-bond acceptors (Lipinski definition) is 7. The van der Waals surface area contributed by atoms with E-state index in [9.17, 15) is 9.59 Å². The van der Waals surface area contributed by atoms with Crippen LogP contribution in [0.2, 0.25) is 0 Å². The van der Waals surface area contributed by atoms with Gasteiger partial charge in [0.15, 0.2) is 17.5 Å². The lowest BCUT2D eigenvalue weighted by molar-refractivity contribution is -0.163. The van der Waals surface area contributed by atoms with Crippen molar-refractivity contribution in [2.45, 2.75) is 90.8 Å². The average Bonchev–Trinajstić information content (AvgIpc) is 3.66. The smallest absolute Gasteiger partial charge is 0.332 e. The molecule has 0 saturated carbocycles. The summed E-state index contributed by atoms with van der Waals surface area (Å²) in [6.45, 7) is 7.55. The van der Waals surface area contributed by atoms with Gasteiger partial charge in [-0.25, -0.2) is 14.8 Å². The summed E-state index contributed by atoms with van der Waals surface area (Å²) in [7, 11) is 0. The number of aryl methyl sites for hydroxylation is 1. The molecule has 3 aromatic heterocycles. The lowest BCUT2D eigenvalue weighted by atomic mass is 10.1. The number of benzene rings is 1. The topological polar surface area (TPSA) is 102 Å². The Bertz CT molecular complexity index is 1740. The van der Waals surface area contributed by atoms with Gasteiger partial charge in [0.25, 0.3) is 5.56 Å². The van der Waals surface area contributed by atoms with Gasteiger partial charge in [0.2, 0.25) is 5.88 Å². The molecule has 6 rings (SSSR count). The molecule has 232 valence electrons. The molecular formula is C34H41N5O5. The van der Waals surface area contributed by atoms with Gasteiger partial charge in [-0.1, -0.05) is 42.5 Å². The first-order chi connectivity index (χ1) is 21.4. The number of ether oxygens (including phenoxy) is 3. The molecule has 10 nitrogen and oxygen atoms in total. The molecular weight excluding hydrogens is 558 g/mol. The Labute approximate surface area is 256 Å². The van der Waals surface area contributed by atoms with Gasteiger partial charge >= 0.3 is 5.69 Å². The van der Waals surface area contributed by atoms with Crippen LogP contribution in [0, 0.1) is 6.92 Å². The highest BCUT2D eigenvalue weighted by Gasteiger charge is 2.25. The molecule has 1 aliphatic carbocycles. The van der Waals surface area contributed by atoms with E-state index in [0.29, 0.717) is 49.0 Å². The first-order valence-corrected chi connectivity index (χ1v) is 15.7. The molecule has 1 atom stereocenters. The second kappa shape index (κ2) is 13.3. The van der Waals surface area contributed by atoms with E-state index in [1.807, 2.05) is 67.8 Å². The minimum Gasteiger partial charge on any atom is -0.474 e. The number of imidazole rings is 1. The van der Waals surface area contributed by atoms with Gasteiger partial charge in [-0.15, -0.1) is 0 Å². The van der Waals surface area contributed by atoms with E-state index in [2.05, 4.69) is 12.2 Å². The molecule has 1 aromatic carbocycles. The summed E-state index contributed by atoms with van der Waals surface area (Å²) in [5.74, 6) is 1.15. The zero-order valence-corrected chi connectivity index (χ0v) is 25.8. The van der Waals surface area contributed by atoms with Gasteiger partial charge in [-0.3, -0.25) is 13.9 Å². The van der Waals surface area contributed by atoms with Crippen LogP contribution in [0.3, 0.4) is 0 Å². The SMILES string of the molecule is Cc1nc(OC2CC=CC2)ccc1-c1nc2c(c(=O)n(CCCOC3CCCCO3)c(=O)n2C(C)C)n1Cc1ccccc1. The first-order valence-electron chi connectivity index (χ1n) is 15.7. The predicted molar refractivity (Wildman–Crippen MR) is 169 cm³/mol. The monoisotopic (exact) mass is 599 g/mol. The molecule has 4 heterocycles. The van der Waals surface area contributed by atoms with Gasteiger partial charge in [0.05, 0.1) is 12.3 Å². The molecule has 1 aliphatic heterocycles. The third-order valence-electron chi connectivity index (χ3n) is 8.28. The number of pyridine rings is 1. The Balaban J connectivity index is 1.42. The molecule has 0 radical (unpaired) electrons. The van der Waals surface area contributed by atoms with E-state index in [4.69, 9.17) is 24.2 Å². The summed E-state index contributed by atoms with van der Waals surface area (Å²) in [5, 5.41) is 0. The van der Waals surface area contributed by atoms with Crippen LogP contribution < -0.4 is 16.0 Å². The molecule has 0 N–H and O–H groups in total. The van der Waals surface area contributed by atoms with Crippen molar-refractivity contribution in [1.82, 2.24) is 23.7 Å². The number of hydrogen-bond donors (Lipinski definition) is 0. The van der Waals surface area contributed by atoms with Crippen LogP contribution in [0.5, 0.6) is 5.88 Å². The van der Waals surface area contributed by atoms with Crippen molar-refractivity contribution < 1.29 is 14.2 Å². The molecule has 0 spiro atoms. The van der Waals surface area contributed by atoms with Crippen LogP contribution in [0.25, 0.3) is 22.6 Å². The molecule has 2 aliphatic rings. The number of rotatable bonds is 11. The zero-order chi connectivity index (χ0) is 30.6. The van der Waals surface area contributed by atoms with E-state index >= 15 is 0 Å². The van der Waals surface area contributed by atoms with E-state index in [-0.39, 0.29) is 36.2 Å². The van der Waals surface area contributed by atoms with Crippen LogP contribution in [-0.4, -0.2) is 49.3 Å². The summed E-state index contributed by atoms with van der Waals surface area (Å²) in [5.41, 5.74) is 2.58. The third kappa shape index (κ3) is 6.27. The molecule has 1 unspecified atom stereocenters. The molecule has 10 heteroatoms. The number of aromatic nitrogens is 5. The minimum absolute atomic E-state index is 0.0925. The second-order valence-corrected chi connectivity index (χ2v) is 11.9. The number of nitrogens with zero attached hydrogens (tertiary/aromatic N) is 5. The number of fused-ring (bicyclic) bond motifs is 1. The molecule has 1 saturated heterocycles. The lowest BCUT2D eigenvalue weighted by Crippen LogP contribution is -2.41. The summed E-state index contributed by atoms with van der Waals surface area (Å²) in [6.07, 6.45) is 9.37. The van der Waals surface area contributed by atoms with Crippen LogP contribution in [-0.2, 0) is 22.6 Å². The minimum atomic E-state index is -0.369. The fourth-order valence-electron chi connectivity index (χ4n) is 6.02. The summed E-state index contributed by atoms with van der Waals surface area (Å²) < 4.78 is 22.6. The van der Waals surface area contributed by atoms with Gasteiger partial charge in [-0.2, -0.15) is 0 Å². The maximum atomic E-state index is 14.2. The normalized spacial score (nSPS) is 17.2.